The number of piperidine rings is 1. The number of nitrogens with one attached hydrogen (secondary N) is 2. The first-order valence-corrected chi connectivity index (χ1v) is 7.85. The molecular weight excluding hydrogens is 286 g/mol. The highest BCUT2D eigenvalue weighted by molar-refractivity contribution is 6.31. The molecule has 4 nitrogen and oxygen atoms in total. The molecule has 0 aliphatic carbocycles. The highest BCUT2D eigenvalue weighted by Gasteiger charge is 2.21. The third-order valence-electron chi connectivity index (χ3n) is 4.12. The summed E-state index contributed by atoms with van der Waals surface area (Å²) in [5, 5.41) is 7.04. The molecule has 0 spiro atoms. The first-order valence-electron chi connectivity index (χ1n) is 7.48. The molecule has 21 heavy (non-hydrogen) atoms. The van der Waals surface area contributed by atoms with Gasteiger partial charge in [0.15, 0.2) is 0 Å². The van der Waals surface area contributed by atoms with E-state index in [9.17, 15) is 4.79 Å². The lowest BCUT2D eigenvalue weighted by molar-refractivity contribution is -0.118. The summed E-state index contributed by atoms with van der Waals surface area (Å²) in [7, 11) is 2.13. The van der Waals surface area contributed by atoms with E-state index in [0.717, 1.165) is 37.2 Å². The summed E-state index contributed by atoms with van der Waals surface area (Å²) in [6.07, 6.45) is 2.18. The first-order chi connectivity index (χ1) is 9.97. The van der Waals surface area contributed by atoms with Crippen molar-refractivity contribution in [3.05, 3.63) is 28.8 Å². The number of carbonyl (C=O) groups is 1. The van der Waals surface area contributed by atoms with Gasteiger partial charge in [0.25, 0.3) is 0 Å². The first kappa shape index (κ1) is 16.3. The number of nitrogens with zero attached hydrogens (tertiary/aromatic N) is 1. The van der Waals surface area contributed by atoms with E-state index in [4.69, 9.17) is 11.6 Å². The van der Waals surface area contributed by atoms with Gasteiger partial charge in [-0.25, -0.2) is 0 Å². The molecule has 1 saturated heterocycles. The zero-order valence-corrected chi connectivity index (χ0v) is 13.7. The lowest BCUT2D eigenvalue weighted by Crippen LogP contribution is -2.48. The van der Waals surface area contributed by atoms with Crippen LogP contribution in [0.3, 0.4) is 0 Å². The molecule has 1 aliphatic heterocycles. The van der Waals surface area contributed by atoms with Crippen LogP contribution in [0.15, 0.2) is 18.2 Å². The van der Waals surface area contributed by atoms with Crippen molar-refractivity contribution in [3.63, 3.8) is 0 Å². The minimum Gasteiger partial charge on any atom is -0.324 e. The van der Waals surface area contributed by atoms with Gasteiger partial charge in [-0.05, 0) is 64.5 Å². The average molecular weight is 310 g/mol. The maximum atomic E-state index is 12.3. The summed E-state index contributed by atoms with van der Waals surface area (Å²) in [6.45, 7) is 5.99. The minimum absolute atomic E-state index is 0.0145. The van der Waals surface area contributed by atoms with Crippen LogP contribution in [0, 0.1) is 6.92 Å². The van der Waals surface area contributed by atoms with E-state index < -0.39 is 0 Å². The van der Waals surface area contributed by atoms with Crippen LogP contribution in [-0.4, -0.2) is 43.0 Å². The molecule has 1 atom stereocenters. The zero-order valence-electron chi connectivity index (χ0n) is 12.9. The van der Waals surface area contributed by atoms with E-state index in [1.807, 2.05) is 32.0 Å². The Bertz CT molecular complexity index is 498. The molecule has 1 aliphatic rings. The Balaban J connectivity index is 1.89. The van der Waals surface area contributed by atoms with Crippen LogP contribution in [0.5, 0.6) is 0 Å². The molecule has 0 saturated carbocycles. The van der Waals surface area contributed by atoms with E-state index in [-0.39, 0.29) is 11.9 Å². The molecule has 0 unspecified atom stereocenters. The standard InChI is InChI=1S/C16H24ClN3O/c1-11-14(17)5-4-6-15(11)19-16(21)12(2)18-13-7-9-20(3)10-8-13/h4-6,12-13,18H,7-10H2,1-3H3,(H,19,21)/t12-/m1/s1. The summed E-state index contributed by atoms with van der Waals surface area (Å²) in [5.41, 5.74) is 1.68. The molecule has 0 aromatic heterocycles. The Morgan fingerprint density at radius 2 is 2.05 bits per heavy atom. The second kappa shape index (κ2) is 7.25. The summed E-state index contributed by atoms with van der Waals surface area (Å²) >= 11 is 6.07. The quantitative estimate of drug-likeness (QED) is 0.899. The molecule has 1 aromatic carbocycles. The molecule has 2 rings (SSSR count). The number of carbonyl (C=O) groups excluding carboxylic acids is 1. The summed E-state index contributed by atoms with van der Waals surface area (Å²) in [4.78, 5) is 14.6. The Kier molecular flexibility index (Phi) is 5.62. The molecule has 0 bridgehead atoms. The SMILES string of the molecule is Cc1c(Cl)cccc1NC(=O)[C@@H](C)NC1CCN(C)CC1. The molecule has 1 amide bonds. The van der Waals surface area contributed by atoms with Gasteiger partial charge in [-0.15, -0.1) is 0 Å². The van der Waals surface area contributed by atoms with E-state index in [2.05, 4.69) is 22.6 Å². The normalized spacial score (nSPS) is 18.5. The Morgan fingerprint density at radius 3 is 2.71 bits per heavy atom. The predicted octanol–water partition coefficient (Wildman–Crippen LogP) is 2.66. The number of benzene rings is 1. The fraction of sp³-hybridized carbons (Fsp3) is 0.562. The monoisotopic (exact) mass is 309 g/mol. The number of halogens is 1. The van der Waals surface area contributed by atoms with Crippen molar-refractivity contribution in [2.75, 3.05) is 25.5 Å². The van der Waals surface area contributed by atoms with E-state index >= 15 is 0 Å². The highest BCUT2D eigenvalue weighted by atomic mass is 35.5. The Labute approximate surface area is 131 Å². The molecule has 2 N–H and O–H groups in total. The van der Waals surface area contributed by atoms with Gasteiger partial charge in [0.1, 0.15) is 0 Å². The van der Waals surface area contributed by atoms with E-state index in [1.54, 1.807) is 0 Å². The fourth-order valence-corrected chi connectivity index (χ4v) is 2.76. The molecule has 116 valence electrons. The van der Waals surface area contributed by atoms with Gasteiger partial charge in [-0.2, -0.15) is 0 Å². The van der Waals surface area contributed by atoms with Crippen molar-refractivity contribution in [2.24, 2.45) is 0 Å². The number of rotatable bonds is 4. The zero-order chi connectivity index (χ0) is 15.4. The number of anilines is 1. The number of amides is 1. The number of hydrogen-bond acceptors (Lipinski definition) is 3. The van der Waals surface area contributed by atoms with Crippen LogP contribution >= 0.6 is 11.6 Å². The van der Waals surface area contributed by atoms with Crippen molar-refractivity contribution in [1.82, 2.24) is 10.2 Å². The van der Waals surface area contributed by atoms with Crippen molar-refractivity contribution in [2.45, 2.75) is 38.8 Å². The average Bonchev–Trinajstić information content (AvgIpc) is 2.46. The number of likely N-dealkylation sites (tertiary alicyclic amines) is 1. The van der Waals surface area contributed by atoms with Crippen LogP contribution in [0.4, 0.5) is 5.69 Å². The highest BCUT2D eigenvalue weighted by Crippen LogP contribution is 2.23. The number of hydrogen-bond donors (Lipinski definition) is 2. The topological polar surface area (TPSA) is 44.4 Å². The van der Waals surface area contributed by atoms with Crippen LogP contribution in [0.1, 0.15) is 25.3 Å². The van der Waals surface area contributed by atoms with Crippen molar-refractivity contribution < 1.29 is 4.79 Å². The van der Waals surface area contributed by atoms with Gasteiger partial charge >= 0.3 is 0 Å². The van der Waals surface area contributed by atoms with Gasteiger partial charge in [0.2, 0.25) is 5.91 Å². The van der Waals surface area contributed by atoms with Crippen molar-refractivity contribution in [1.29, 1.82) is 0 Å². The van der Waals surface area contributed by atoms with Gasteiger partial charge in [0.05, 0.1) is 6.04 Å². The van der Waals surface area contributed by atoms with Crippen LogP contribution in [0.25, 0.3) is 0 Å². The molecule has 1 fully saturated rings. The summed E-state index contributed by atoms with van der Waals surface area (Å²) < 4.78 is 0. The summed E-state index contributed by atoms with van der Waals surface area (Å²) in [6, 6.07) is 5.76. The van der Waals surface area contributed by atoms with Gasteiger partial charge in [-0.1, -0.05) is 17.7 Å². The largest absolute Gasteiger partial charge is 0.324 e. The van der Waals surface area contributed by atoms with Crippen LogP contribution < -0.4 is 10.6 Å². The predicted molar refractivity (Wildman–Crippen MR) is 87.9 cm³/mol. The van der Waals surface area contributed by atoms with Crippen molar-refractivity contribution in [3.8, 4) is 0 Å². The second-order valence-electron chi connectivity index (χ2n) is 5.87. The molecular formula is C16H24ClN3O. The Morgan fingerprint density at radius 1 is 1.38 bits per heavy atom. The maximum Gasteiger partial charge on any atom is 0.241 e. The third kappa shape index (κ3) is 4.43. The molecule has 0 radical (unpaired) electrons. The van der Waals surface area contributed by atoms with E-state index in [1.165, 1.54) is 0 Å². The smallest absolute Gasteiger partial charge is 0.241 e. The second-order valence-corrected chi connectivity index (χ2v) is 6.27. The molecule has 5 heteroatoms. The van der Waals surface area contributed by atoms with Gasteiger partial charge in [0, 0.05) is 16.8 Å². The molecule has 1 heterocycles. The van der Waals surface area contributed by atoms with Crippen LogP contribution in [-0.2, 0) is 4.79 Å². The van der Waals surface area contributed by atoms with Gasteiger partial charge in [-0.3, -0.25) is 4.79 Å². The summed E-state index contributed by atoms with van der Waals surface area (Å²) in [5.74, 6) is -0.0145. The maximum absolute atomic E-state index is 12.3. The minimum atomic E-state index is -0.211. The van der Waals surface area contributed by atoms with E-state index in [0.29, 0.717) is 11.1 Å². The molecule has 1 aromatic rings. The Hall–Kier alpha value is -1.10. The van der Waals surface area contributed by atoms with Crippen LogP contribution in [0.2, 0.25) is 5.02 Å². The lowest BCUT2D eigenvalue weighted by Gasteiger charge is -2.31. The van der Waals surface area contributed by atoms with Gasteiger partial charge < -0.3 is 15.5 Å². The third-order valence-corrected chi connectivity index (χ3v) is 4.53. The fourth-order valence-electron chi connectivity index (χ4n) is 2.59. The lowest BCUT2D eigenvalue weighted by atomic mass is 10.0. The van der Waals surface area contributed by atoms with Crippen molar-refractivity contribution >= 4 is 23.2 Å².